The molecule has 1 heterocycles. The van der Waals surface area contributed by atoms with Crippen molar-refractivity contribution in [2.24, 2.45) is 0 Å². The van der Waals surface area contributed by atoms with Gasteiger partial charge in [-0.3, -0.25) is 4.79 Å². The van der Waals surface area contributed by atoms with Gasteiger partial charge in [-0.15, -0.1) is 0 Å². The Morgan fingerprint density at radius 2 is 1.87 bits per heavy atom. The first-order chi connectivity index (χ1) is 11.2. The number of carbonyl (C=O) groups is 1. The molecule has 0 saturated heterocycles. The maximum absolute atomic E-state index is 12.7. The number of benzene rings is 2. The summed E-state index contributed by atoms with van der Waals surface area (Å²) >= 11 is 0. The predicted octanol–water partition coefficient (Wildman–Crippen LogP) is 4.35. The number of rotatable bonds is 5. The van der Waals surface area contributed by atoms with E-state index in [1.807, 2.05) is 30.3 Å². The van der Waals surface area contributed by atoms with Crippen LogP contribution in [0.25, 0.3) is 17.0 Å². The van der Waals surface area contributed by atoms with Crippen molar-refractivity contribution in [3.8, 4) is 11.5 Å². The molecule has 3 aromatic rings. The van der Waals surface area contributed by atoms with Gasteiger partial charge in [-0.25, -0.2) is 0 Å². The average molecular weight is 308 g/mol. The third-order valence-corrected chi connectivity index (χ3v) is 3.57. The summed E-state index contributed by atoms with van der Waals surface area (Å²) in [7, 11) is 3.04. The lowest BCUT2D eigenvalue weighted by Gasteiger charge is -2.11. The highest BCUT2D eigenvalue weighted by Gasteiger charge is 2.21. The Morgan fingerprint density at radius 3 is 2.57 bits per heavy atom. The first-order valence-corrected chi connectivity index (χ1v) is 7.14. The Kier molecular flexibility index (Phi) is 4.15. The highest BCUT2D eigenvalue weighted by Crippen LogP contribution is 2.38. The van der Waals surface area contributed by atoms with Crippen LogP contribution < -0.4 is 9.47 Å². The number of ether oxygens (including phenoxy) is 2. The number of carbonyl (C=O) groups excluding carboxylic acids is 1. The second-order valence-electron chi connectivity index (χ2n) is 4.93. The lowest BCUT2D eigenvalue weighted by molar-refractivity contribution is 0.104. The number of hydrogen-bond acceptors (Lipinski definition) is 4. The zero-order chi connectivity index (χ0) is 16.2. The molecule has 0 aliphatic carbocycles. The van der Waals surface area contributed by atoms with E-state index in [1.165, 1.54) is 20.3 Å². The van der Waals surface area contributed by atoms with E-state index < -0.39 is 0 Å². The number of allylic oxidation sites excluding steroid dienone is 1. The molecule has 2 aromatic carbocycles. The van der Waals surface area contributed by atoms with Crippen LogP contribution in [-0.4, -0.2) is 20.0 Å². The lowest BCUT2D eigenvalue weighted by Crippen LogP contribution is -2.03. The Labute approximate surface area is 133 Å². The van der Waals surface area contributed by atoms with E-state index in [-0.39, 0.29) is 5.78 Å². The van der Waals surface area contributed by atoms with Gasteiger partial charge in [-0.05, 0) is 17.7 Å². The fraction of sp³-hybridized carbons (Fsp3) is 0.105. The van der Waals surface area contributed by atoms with Crippen molar-refractivity contribution >= 4 is 22.8 Å². The van der Waals surface area contributed by atoms with Gasteiger partial charge >= 0.3 is 0 Å². The van der Waals surface area contributed by atoms with Gasteiger partial charge in [0.05, 0.1) is 25.9 Å². The third kappa shape index (κ3) is 2.83. The van der Waals surface area contributed by atoms with Gasteiger partial charge in [-0.2, -0.15) is 0 Å². The van der Waals surface area contributed by atoms with E-state index in [0.717, 1.165) is 10.9 Å². The van der Waals surface area contributed by atoms with E-state index in [9.17, 15) is 4.79 Å². The molecule has 1 aromatic heterocycles. The zero-order valence-corrected chi connectivity index (χ0v) is 12.9. The molecule has 0 radical (unpaired) electrons. The van der Waals surface area contributed by atoms with E-state index in [0.29, 0.717) is 22.6 Å². The van der Waals surface area contributed by atoms with Gasteiger partial charge in [0.25, 0.3) is 0 Å². The van der Waals surface area contributed by atoms with Gasteiger partial charge in [-0.1, -0.05) is 36.4 Å². The van der Waals surface area contributed by atoms with Gasteiger partial charge in [0.2, 0.25) is 0 Å². The van der Waals surface area contributed by atoms with E-state index >= 15 is 0 Å². The fourth-order valence-corrected chi connectivity index (χ4v) is 2.48. The van der Waals surface area contributed by atoms with E-state index in [4.69, 9.17) is 13.9 Å². The van der Waals surface area contributed by atoms with Crippen molar-refractivity contribution in [1.82, 2.24) is 0 Å². The molecule has 0 amide bonds. The molecule has 0 N–H and O–H groups in total. The maximum atomic E-state index is 12.7. The first kappa shape index (κ1) is 14.9. The average Bonchev–Trinajstić information content (AvgIpc) is 3.07. The van der Waals surface area contributed by atoms with Crippen LogP contribution in [0.2, 0.25) is 0 Å². The topological polar surface area (TPSA) is 48.7 Å². The second kappa shape index (κ2) is 6.40. The largest absolute Gasteiger partial charge is 0.496 e. The first-order valence-electron chi connectivity index (χ1n) is 7.14. The van der Waals surface area contributed by atoms with Crippen LogP contribution in [0.3, 0.4) is 0 Å². The summed E-state index contributed by atoms with van der Waals surface area (Å²) in [6.07, 6.45) is 4.84. The Morgan fingerprint density at radius 1 is 1.09 bits per heavy atom. The highest BCUT2D eigenvalue weighted by atomic mass is 16.5. The van der Waals surface area contributed by atoms with Crippen LogP contribution in [0, 0.1) is 0 Å². The van der Waals surface area contributed by atoms with Crippen molar-refractivity contribution in [3.05, 3.63) is 65.9 Å². The number of methoxy groups -OCH3 is 2. The minimum Gasteiger partial charge on any atom is -0.496 e. The van der Waals surface area contributed by atoms with Crippen LogP contribution >= 0.6 is 0 Å². The smallest absolute Gasteiger partial charge is 0.193 e. The molecule has 0 atom stereocenters. The molecule has 4 nitrogen and oxygen atoms in total. The highest BCUT2D eigenvalue weighted by molar-refractivity contribution is 6.13. The maximum Gasteiger partial charge on any atom is 0.193 e. The zero-order valence-electron chi connectivity index (χ0n) is 12.9. The summed E-state index contributed by atoms with van der Waals surface area (Å²) in [5.74, 6) is 0.688. The molecule has 116 valence electrons. The number of furan rings is 1. The molecule has 0 aliphatic heterocycles. The lowest BCUT2D eigenvalue weighted by atomic mass is 10.0. The normalized spacial score (nSPS) is 11.0. The van der Waals surface area contributed by atoms with Gasteiger partial charge in [0.15, 0.2) is 5.78 Å². The monoisotopic (exact) mass is 308 g/mol. The molecular weight excluding hydrogens is 292 g/mol. The van der Waals surface area contributed by atoms with Crippen LogP contribution in [0.5, 0.6) is 11.5 Å². The Hall–Kier alpha value is -3.01. The molecule has 0 saturated carbocycles. The molecule has 4 heteroatoms. The SMILES string of the molecule is COc1cc2occc2c(OC)c1C(=O)/C=C/c1ccccc1. The van der Waals surface area contributed by atoms with Crippen LogP contribution in [0.1, 0.15) is 15.9 Å². The van der Waals surface area contributed by atoms with Crippen LogP contribution in [0.15, 0.2) is 59.2 Å². The summed E-state index contributed by atoms with van der Waals surface area (Å²) in [6, 6.07) is 13.1. The van der Waals surface area contributed by atoms with Crippen molar-refractivity contribution < 1.29 is 18.7 Å². The van der Waals surface area contributed by atoms with Gasteiger partial charge in [0, 0.05) is 6.07 Å². The number of ketones is 1. The molecule has 0 aliphatic rings. The van der Waals surface area contributed by atoms with Gasteiger partial charge < -0.3 is 13.9 Å². The summed E-state index contributed by atoms with van der Waals surface area (Å²) in [5.41, 5.74) is 1.95. The quantitative estimate of drug-likeness (QED) is 0.519. The van der Waals surface area contributed by atoms with Crippen LogP contribution in [0.4, 0.5) is 0 Å². The van der Waals surface area contributed by atoms with Gasteiger partial charge in [0.1, 0.15) is 22.6 Å². The minimum absolute atomic E-state index is 0.189. The molecule has 0 bridgehead atoms. The predicted molar refractivity (Wildman–Crippen MR) is 89.1 cm³/mol. The molecule has 0 unspecified atom stereocenters. The molecule has 3 rings (SSSR count). The summed E-state index contributed by atoms with van der Waals surface area (Å²) in [6.45, 7) is 0. The van der Waals surface area contributed by atoms with E-state index in [1.54, 1.807) is 24.5 Å². The minimum atomic E-state index is -0.189. The van der Waals surface area contributed by atoms with Crippen molar-refractivity contribution in [3.63, 3.8) is 0 Å². The van der Waals surface area contributed by atoms with E-state index in [2.05, 4.69) is 0 Å². The second-order valence-corrected chi connectivity index (χ2v) is 4.93. The fourth-order valence-electron chi connectivity index (χ4n) is 2.48. The third-order valence-electron chi connectivity index (χ3n) is 3.57. The van der Waals surface area contributed by atoms with Crippen LogP contribution in [-0.2, 0) is 0 Å². The van der Waals surface area contributed by atoms with Crippen molar-refractivity contribution in [2.45, 2.75) is 0 Å². The Balaban J connectivity index is 2.07. The summed E-state index contributed by atoms with van der Waals surface area (Å²) < 4.78 is 16.2. The Bertz CT molecular complexity index is 860. The standard InChI is InChI=1S/C19H16O4/c1-21-17-12-16-14(10-11-23-16)19(22-2)18(17)15(20)9-8-13-6-4-3-5-7-13/h3-12H,1-2H3/b9-8+. The number of fused-ring (bicyclic) bond motifs is 1. The van der Waals surface area contributed by atoms with Crippen molar-refractivity contribution in [1.29, 1.82) is 0 Å². The number of hydrogen-bond donors (Lipinski definition) is 0. The summed E-state index contributed by atoms with van der Waals surface area (Å²) in [4.78, 5) is 12.7. The molecular formula is C19H16O4. The molecule has 23 heavy (non-hydrogen) atoms. The molecule has 0 spiro atoms. The van der Waals surface area contributed by atoms with Crippen molar-refractivity contribution in [2.75, 3.05) is 14.2 Å². The molecule has 0 fully saturated rings. The summed E-state index contributed by atoms with van der Waals surface area (Å²) in [5, 5.41) is 0.741.